The zero-order valence-corrected chi connectivity index (χ0v) is 8.26. The molecule has 0 amide bonds. The third kappa shape index (κ3) is 1.36. The minimum absolute atomic E-state index is 0.220. The first kappa shape index (κ1) is 9.09. The van der Waals surface area contributed by atoms with Gasteiger partial charge in [0.15, 0.2) is 0 Å². The number of halogens is 1. The molecule has 0 fully saturated rings. The standard InChI is InChI=1S/C10H8ClNO2/c1-14-8-5-9(13)12-10-6(8)3-2-4-7(10)11/h2-5H,1H3,(H,12,13). The van der Waals surface area contributed by atoms with Crippen LogP contribution < -0.4 is 10.3 Å². The summed E-state index contributed by atoms with van der Waals surface area (Å²) in [4.78, 5) is 13.9. The molecule has 1 heterocycles. The molecule has 72 valence electrons. The zero-order valence-electron chi connectivity index (χ0n) is 7.50. The number of benzene rings is 1. The molecule has 3 nitrogen and oxygen atoms in total. The smallest absolute Gasteiger partial charge is 0.252 e. The molecule has 2 rings (SSSR count). The minimum atomic E-state index is -0.220. The van der Waals surface area contributed by atoms with Crippen LogP contribution >= 0.6 is 11.6 Å². The second-order valence-electron chi connectivity index (χ2n) is 2.86. The van der Waals surface area contributed by atoms with Crippen molar-refractivity contribution in [2.45, 2.75) is 0 Å². The number of hydrogen-bond acceptors (Lipinski definition) is 2. The third-order valence-electron chi connectivity index (χ3n) is 2.01. The fourth-order valence-electron chi connectivity index (χ4n) is 1.38. The number of nitrogens with one attached hydrogen (secondary N) is 1. The number of ether oxygens (including phenoxy) is 1. The number of aromatic nitrogens is 1. The predicted octanol–water partition coefficient (Wildman–Crippen LogP) is 2.19. The van der Waals surface area contributed by atoms with Crippen LogP contribution in [0.5, 0.6) is 5.75 Å². The molecule has 0 atom stereocenters. The van der Waals surface area contributed by atoms with Crippen molar-refractivity contribution >= 4 is 22.5 Å². The Kier molecular flexibility index (Phi) is 2.17. The van der Waals surface area contributed by atoms with E-state index in [2.05, 4.69) is 4.98 Å². The first-order valence-corrected chi connectivity index (χ1v) is 4.45. The van der Waals surface area contributed by atoms with Gasteiger partial charge in [-0.05, 0) is 12.1 Å². The molecule has 0 saturated heterocycles. The molecule has 0 radical (unpaired) electrons. The monoisotopic (exact) mass is 209 g/mol. The Labute approximate surface area is 85.3 Å². The van der Waals surface area contributed by atoms with Crippen molar-refractivity contribution in [3.05, 3.63) is 39.6 Å². The van der Waals surface area contributed by atoms with Crippen molar-refractivity contribution < 1.29 is 4.74 Å². The minimum Gasteiger partial charge on any atom is -0.496 e. The Bertz CT molecular complexity index is 533. The Hall–Kier alpha value is -1.48. The van der Waals surface area contributed by atoms with E-state index in [1.807, 2.05) is 12.1 Å². The predicted molar refractivity (Wildman–Crippen MR) is 56.1 cm³/mol. The van der Waals surface area contributed by atoms with Gasteiger partial charge in [-0.25, -0.2) is 0 Å². The van der Waals surface area contributed by atoms with Crippen LogP contribution in [0.4, 0.5) is 0 Å². The summed E-state index contributed by atoms with van der Waals surface area (Å²) in [7, 11) is 1.52. The molecule has 0 aliphatic rings. The second kappa shape index (κ2) is 3.35. The van der Waals surface area contributed by atoms with Crippen molar-refractivity contribution in [1.82, 2.24) is 4.98 Å². The maximum Gasteiger partial charge on any atom is 0.252 e. The highest BCUT2D eigenvalue weighted by atomic mass is 35.5. The van der Waals surface area contributed by atoms with Gasteiger partial charge in [0.2, 0.25) is 0 Å². The van der Waals surface area contributed by atoms with Crippen LogP contribution in [-0.4, -0.2) is 12.1 Å². The number of aromatic amines is 1. The first-order valence-electron chi connectivity index (χ1n) is 4.08. The number of fused-ring (bicyclic) bond motifs is 1. The lowest BCUT2D eigenvalue weighted by Gasteiger charge is -2.05. The molecule has 2 aromatic rings. The number of para-hydroxylation sites is 1. The molecule has 0 saturated carbocycles. The third-order valence-corrected chi connectivity index (χ3v) is 2.32. The van der Waals surface area contributed by atoms with Gasteiger partial charge in [-0.3, -0.25) is 4.79 Å². The summed E-state index contributed by atoms with van der Waals surface area (Å²) >= 11 is 5.93. The van der Waals surface area contributed by atoms with E-state index in [9.17, 15) is 4.79 Å². The lowest BCUT2D eigenvalue weighted by Crippen LogP contribution is -2.05. The van der Waals surface area contributed by atoms with Crippen LogP contribution in [-0.2, 0) is 0 Å². The summed E-state index contributed by atoms with van der Waals surface area (Å²) in [5.41, 5.74) is 0.390. The number of hydrogen-bond donors (Lipinski definition) is 1. The maximum absolute atomic E-state index is 11.2. The number of H-pyrrole nitrogens is 1. The summed E-state index contributed by atoms with van der Waals surface area (Å²) in [5.74, 6) is 0.534. The van der Waals surface area contributed by atoms with E-state index >= 15 is 0 Å². The van der Waals surface area contributed by atoms with Gasteiger partial charge in [0, 0.05) is 11.5 Å². The van der Waals surface area contributed by atoms with Crippen molar-refractivity contribution in [3.63, 3.8) is 0 Å². The topological polar surface area (TPSA) is 42.1 Å². The highest BCUT2D eigenvalue weighted by Gasteiger charge is 2.05. The summed E-state index contributed by atoms with van der Waals surface area (Å²) in [6.07, 6.45) is 0. The van der Waals surface area contributed by atoms with E-state index in [-0.39, 0.29) is 5.56 Å². The largest absolute Gasteiger partial charge is 0.496 e. The SMILES string of the molecule is COc1cc(=O)[nH]c2c(Cl)cccc12. The van der Waals surface area contributed by atoms with Gasteiger partial charge in [0.1, 0.15) is 5.75 Å². The molecular weight excluding hydrogens is 202 g/mol. The molecular formula is C10H8ClNO2. The summed E-state index contributed by atoms with van der Waals surface area (Å²) in [6.45, 7) is 0. The average molecular weight is 210 g/mol. The quantitative estimate of drug-likeness (QED) is 0.782. The van der Waals surface area contributed by atoms with Gasteiger partial charge in [-0.15, -0.1) is 0 Å². The first-order chi connectivity index (χ1) is 6.72. The molecule has 1 aromatic heterocycles. The molecule has 1 N–H and O–H groups in total. The van der Waals surface area contributed by atoms with Gasteiger partial charge in [0.25, 0.3) is 5.56 Å². The van der Waals surface area contributed by atoms with E-state index in [1.54, 1.807) is 6.07 Å². The van der Waals surface area contributed by atoms with Crippen molar-refractivity contribution in [2.75, 3.05) is 7.11 Å². The molecule has 14 heavy (non-hydrogen) atoms. The Balaban J connectivity index is 2.94. The molecule has 1 aromatic carbocycles. The van der Waals surface area contributed by atoms with E-state index in [1.165, 1.54) is 13.2 Å². The average Bonchev–Trinajstić information content (AvgIpc) is 2.18. The van der Waals surface area contributed by atoms with E-state index < -0.39 is 0 Å². The van der Waals surface area contributed by atoms with Gasteiger partial charge < -0.3 is 9.72 Å². The Morgan fingerprint density at radius 3 is 2.93 bits per heavy atom. The summed E-state index contributed by atoms with van der Waals surface area (Å²) < 4.78 is 5.08. The fraction of sp³-hybridized carbons (Fsp3) is 0.100. The van der Waals surface area contributed by atoms with Gasteiger partial charge >= 0.3 is 0 Å². The van der Waals surface area contributed by atoms with Crippen molar-refractivity contribution in [2.24, 2.45) is 0 Å². The van der Waals surface area contributed by atoms with Crippen LogP contribution in [0.3, 0.4) is 0 Å². The molecule has 0 aliphatic carbocycles. The Morgan fingerprint density at radius 2 is 2.21 bits per heavy atom. The highest BCUT2D eigenvalue weighted by Crippen LogP contribution is 2.26. The van der Waals surface area contributed by atoms with Crippen LogP contribution in [0.15, 0.2) is 29.1 Å². The van der Waals surface area contributed by atoms with Gasteiger partial charge in [-0.2, -0.15) is 0 Å². The number of rotatable bonds is 1. The van der Waals surface area contributed by atoms with Crippen molar-refractivity contribution in [1.29, 1.82) is 0 Å². The number of methoxy groups -OCH3 is 1. The van der Waals surface area contributed by atoms with Crippen LogP contribution in [0.2, 0.25) is 5.02 Å². The van der Waals surface area contributed by atoms with E-state index in [4.69, 9.17) is 16.3 Å². The normalized spacial score (nSPS) is 10.4. The van der Waals surface area contributed by atoms with Crippen LogP contribution in [0.1, 0.15) is 0 Å². The van der Waals surface area contributed by atoms with Crippen LogP contribution in [0, 0.1) is 0 Å². The molecule has 0 aliphatic heterocycles. The lowest BCUT2D eigenvalue weighted by molar-refractivity contribution is 0.419. The number of pyridine rings is 1. The molecule has 0 bridgehead atoms. The summed E-state index contributed by atoms with van der Waals surface area (Å²) in [5, 5.41) is 1.32. The molecule has 0 spiro atoms. The zero-order chi connectivity index (χ0) is 10.1. The van der Waals surface area contributed by atoms with E-state index in [0.29, 0.717) is 16.3 Å². The molecule has 0 unspecified atom stereocenters. The fourth-order valence-corrected chi connectivity index (χ4v) is 1.60. The second-order valence-corrected chi connectivity index (χ2v) is 3.27. The van der Waals surface area contributed by atoms with Crippen molar-refractivity contribution in [3.8, 4) is 5.75 Å². The summed E-state index contributed by atoms with van der Waals surface area (Å²) in [6, 6.07) is 6.78. The van der Waals surface area contributed by atoms with Gasteiger partial charge in [-0.1, -0.05) is 17.7 Å². The Morgan fingerprint density at radius 1 is 1.43 bits per heavy atom. The van der Waals surface area contributed by atoms with Crippen LogP contribution in [0.25, 0.3) is 10.9 Å². The van der Waals surface area contributed by atoms with Gasteiger partial charge in [0.05, 0.1) is 17.6 Å². The maximum atomic E-state index is 11.2. The van der Waals surface area contributed by atoms with E-state index in [0.717, 1.165) is 5.39 Å². The lowest BCUT2D eigenvalue weighted by atomic mass is 10.2. The highest BCUT2D eigenvalue weighted by molar-refractivity contribution is 6.35. The molecule has 4 heteroatoms.